The maximum atomic E-state index is 6.41. The Kier molecular flexibility index (Phi) is 5.00. The van der Waals surface area contributed by atoms with E-state index in [9.17, 15) is 0 Å². The third-order valence-corrected chi connectivity index (χ3v) is 5.12. The van der Waals surface area contributed by atoms with E-state index in [1.165, 1.54) is 11.1 Å². The highest BCUT2D eigenvalue weighted by molar-refractivity contribution is 9.10. The summed E-state index contributed by atoms with van der Waals surface area (Å²) in [7, 11) is 0. The van der Waals surface area contributed by atoms with Crippen LogP contribution in [0.25, 0.3) is 0 Å². The summed E-state index contributed by atoms with van der Waals surface area (Å²) in [5.74, 6) is 0.603. The van der Waals surface area contributed by atoms with Gasteiger partial charge in [0.25, 0.3) is 0 Å². The predicted octanol–water partition coefficient (Wildman–Crippen LogP) is 5.32. The standard InChI is InChI=1S/C18H22BrN/c1-4-12(2)14-8-10-15(11-9-14)18(20)16-7-5-6-13(3)17(16)19/h5-12,18H,4,20H2,1-3H3. The van der Waals surface area contributed by atoms with Crippen molar-refractivity contribution in [1.82, 2.24) is 0 Å². The largest absolute Gasteiger partial charge is 0.320 e. The molecular formula is C18H22BrN. The van der Waals surface area contributed by atoms with E-state index < -0.39 is 0 Å². The van der Waals surface area contributed by atoms with Crippen molar-refractivity contribution < 1.29 is 0 Å². The summed E-state index contributed by atoms with van der Waals surface area (Å²) in [6, 6.07) is 14.9. The minimum absolute atomic E-state index is 0.0877. The van der Waals surface area contributed by atoms with Gasteiger partial charge in [0.2, 0.25) is 0 Å². The second-order valence-electron chi connectivity index (χ2n) is 5.43. The zero-order chi connectivity index (χ0) is 14.7. The van der Waals surface area contributed by atoms with Crippen LogP contribution >= 0.6 is 15.9 Å². The van der Waals surface area contributed by atoms with Crippen LogP contribution in [-0.4, -0.2) is 0 Å². The lowest BCUT2D eigenvalue weighted by molar-refractivity contribution is 0.732. The minimum atomic E-state index is -0.0877. The topological polar surface area (TPSA) is 26.0 Å². The number of hydrogen-bond acceptors (Lipinski definition) is 1. The molecule has 2 unspecified atom stereocenters. The highest BCUT2D eigenvalue weighted by atomic mass is 79.9. The Hall–Kier alpha value is -1.12. The Bertz CT molecular complexity index is 574. The van der Waals surface area contributed by atoms with Gasteiger partial charge in [-0.25, -0.2) is 0 Å². The molecule has 0 fully saturated rings. The second kappa shape index (κ2) is 6.55. The third-order valence-electron chi connectivity index (χ3n) is 4.03. The van der Waals surface area contributed by atoms with Gasteiger partial charge in [0.05, 0.1) is 6.04 Å². The van der Waals surface area contributed by atoms with Crippen molar-refractivity contribution in [3.63, 3.8) is 0 Å². The normalized spacial score (nSPS) is 14.1. The van der Waals surface area contributed by atoms with E-state index >= 15 is 0 Å². The summed E-state index contributed by atoms with van der Waals surface area (Å²) in [6.45, 7) is 6.56. The molecule has 0 aromatic heterocycles. The molecule has 2 aromatic carbocycles. The molecule has 0 aliphatic rings. The minimum Gasteiger partial charge on any atom is -0.320 e. The second-order valence-corrected chi connectivity index (χ2v) is 6.22. The fraction of sp³-hybridized carbons (Fsp3) is 0.333. The molecule has 2 heteroatoms. The van der Waals surface area contributed by atoms with Gasteiger partial charge >= 0.3 is 0 Å². The van der Waals surface area contributed by atoms with E-state index in [0.717, 1.165) is 22.0 Å². The number of rotatable bonds is 4. The van der Waals surface area contributed by atoms with Crippen LogP contribution in [0.2, 0.25) is 0 Å². The van der Waals surface area contributed by atoms with Gasteiger partial charge < -0.3 is 5.73 Å². The molecule has 0 amide bonds. The molecule has 2 aromatic rings. The van der Waals surface area contributed by atoms with E-state index in [1.807, 2.05) is 0 Å². The smallest absolute Gasteiger partial charge is 0.0562 e. The van der Waals surface area contributed by atoms with Crippen molar-refractivity contribution in [2.24, 2.45) is 5.73 Å². The maximum Gasteiger partial charge on any atom is 0.0562 e. The summed E-state index contributed by atoms with van der Waals surface area (Å²) in [4.78, 5) is 0. The van der Waals surface area contributed by atoms with Gasteiger partial charge in [-0.2, -0.15) is 0 Å². The Morgan fingerprint density at radius 2 is 1.65 bits per heavy atom. The van der Waals surface area contributed by atoms with Crippen LogP contribution in [0.1, 0.15) is 54.5 Å². The number of aryl methyl sites for hydroxylation is 1. The first-order valence-corrected chi connectivity index (χ1v) is 7.94. The van der Waals surface area contributed by atoms with Gasteiger partial charge in [-0.3, -0.25) is 0 Å². The molecule has 0 aliphatic heterocycles. The monoisotopic (exact) mass is 331 g/mol. The van der Waals surface area contributed by atoms with Crippen LogP contribution in [0.3, 0.4) is 0 Å². The van der Waals surface area contributed by atoms with E-state index in [0.29, 0.717) is 5.92 Å². The fourth-order valence-corrected chi connectivity index (χ4v) is 2.87. The summed E-state index contributed by atoms with van der Waals surface area (Å²) >= 11 is 3.65. The lowest BCUT2D eigenvalue weighted by Crippen LogP contribution is -2.13. The van der Waals surface area contributed by atoms with Crippen LogP contribution < -0.4 is 5.73 Å². The van der Waals surface area contributed by atoms with Gasteiger partial charge in [0.1, 0.15) is 0 Å². The van der Waals surface area contributed by atoms with E-state index in [2.05, 4.69) is 79.2 Å². The lowest BCUT2D eigenvalue weighted by Gasteiger charge is -2.17. The van der Waals surface area contributed by atoms with Crippen molar-refractivity contribution in [3.8, 4) is 0 Å². The molecule has 106 valence electrons. The molecule has 20 heavy (non-hydrogen) atoms. The number of nitrogens with two attached hydrogens (primary N) is 1. The number of hydrogen-bond donors (Lipinski definition) is 1. The average molecular weight is 332 g/mol. The highest BCUT2D eigenvalue weighted by Crippen LogP contribution is 2.30. The van der Waals surface area contributed by atoms with Crippen LogP contribution in [0.15, 0.2) is 46.9 Å². The fourth-order valence-electron chi connectivity index (χ4n) is 2.36. The van der Waals surface area contributed by atoms with Crippen molar-refractivity contribution in [3.05, 3.63) is 69.2 Å². The van der Waals surface area contributed by atoms with Crippen molar-refractivity contribution in [1.29, 1.82) is 0 Å². The zero-order valence-electron chi connectivity index (χ0n) is 12.4. The molecule has 0 saturated carbocycles. The average Bonchev–Trinajstić information content (AvgIpc) is 2.48. The van der Waals surface area contributed by atoms with E-state index in [-0.39, 0.29) is 6.04 Å². The van der Waals surface area contributed by atoms with Gasteiger partial charge in [-0.15, -0.1) is 0 Å². The molecule has 0 heterocycles. The van der Waals surface area contributed by atoms with E-state index in [1.54, 1.807) is 0 Å². The number of halogens is 1. The Morgan fingerprint density at radius 3 is 2.25 bits per heavy atom. The Balaban J connectivity index is 2.29. The van der Waals surface area contributed by atoms with Gasteiger partial charge in [0.15, 0.2) is 0 Å². The van der Waals surface area contributed by atoms with Gasteiger partial charge in [-0.1, -0.05) is 72.2 Å². The Morgan fingerprint density at radius 1 is 1.05 bits per heavy atom. The quantitative estimate of drug-likeness (QED) is 0.806. The predicted molar refractivity (Wildman–Crippen MR) is 90.1 cm³/mol. The van der Waals surface area contributed by atoms with Crippen LogP contribution in [0.4, 0.5) is 0 Å². The zero-order valence-corrected chi connectivity index (χ0v) is 13.9. The summed E-state index contributed by atoms with van der Waals surface area (Å²) in [5.41, 5.74) is 11.3. The third kappa shape index (κ3) is 3.13. The van der Waals surface area contributed by atoms with Crippen LogP contribution in [-0.2, 0) is 0 Å². The molecule has 2 N–H and O–H groups in total. The van der Waals surface area contributed by atoms with Crippen LogP contribution in [0, 0.1) is 6.92 Å². The molecule has 0 aliphatic carbocycles. The van der Waals surface area contributed by atoms with Gasteiger partial charge in [0, 0.05) is 4.47 Å². The molecule has 0 saturated heterocycles. The highest BCUT2D eigenvalue weighted by Gasteiger charge is 2.13. The molecule has 0 radical (unpaired) electrons. The molecule has 0 bridgehead atoms. The summed E-state index contributed by atoms with van der Waals surface area (Å²) in [5, 5.41) is 0. The SMILES string of the molecule is CCC(C)c1ccc(C(N)c2cccc(C)c2Br)cc1. The van der Waals surface area contributed by atoms with Crippen molar-refractivity contribution in [2.45, 2.75) is 39.2 Å². The summed E-state index contributed by atoms with van der Waals surface area (Å²) in [6.07, 6.45) is 1.16. The first-order valence-electron chi connectivity index (χ1n) is 7.15. The van der Waals surface area contributed by atoms with Crippen molar-refractivity contribution >= 4 is 15.9 Å². The Labute approximate surface area is 130 Å². The first-order chi connectivity index (χ1) is 9.54. The molecule has 2 rings (SSSR count). The van der Waals surface area contributed by atoms with Crippen LogP contribution in [0.5, 0.6) is 0 Å². The van der Waals surface area contributed by atoms with E-state index in [4.69, 9.17) is 5.73 Å². The van der Waals surface area contributed by atoms with Crippen molar-refractivity contribution in [2.75, 3.05) is 0 Å². The molecular weight excluding hydrogens is 310 g/mol. The summed E-state index contributed by atoms with van der Waals surface area (Å²) < 4.78 is 1.11. The number of benzene rings is 2. The molecule has 2 atom stereocenters. The maximum absolute atomic E-state index is 6.41. The molecule has 0 spiro atoms. The molecule has 1 nitrogen and oxygen atoms in total. The first kappa shape index (κ1) is 15.3. The lowest BCUT2D eigenvalue weighted by atomic mass is 9.93. The van der Waals surface area contributed by atoms with Gasteiger partial charge in [-0.05, 0) is 41.5 Å².